The van der Waals surface area contributed by atoms with Gasteiger partial charge < -0.3 is 10.6 Å². The van der Waals surface area contributed by atoms with Gasteiger partial charge in [0, 0.05) is 23.2 Å². The van der Waals surface area contributed by atoms with Gasteiger partial charge in [-0.05, 0) is 37.8 Å². The quantitative estimate of drug-likeness (QED) is 0.872. The number of nitrogens with one attached hydrogen (secondary N) is 2. The Labute approximate surface area is 143 Å². The molecule has 5 nitrogen and oxygen atoms in total. The van der Waals surface area contributed by atoms with Gasteiger partial charge in [0.1, 0.15) is 10.8 Å². The average Bonchev–Trinajstić information content (AvgIpc) is 3.32. The summed E-state index contributed by atoms with van der Waals surface area (Å²) in [6, 6.07) is 5.66. The van der Waals surface area contributed by atoms with Crippen molar-refractivity contribution in [3.63, 3.8) is 0 Å². The van der Waals surface area contributed by atoms with E-state index in [1.165, 1.54) is 18.2 Å². The van der Waals surface area contributed by atoms with E-state index in [-0.39, 0.29) is 24.2 Å². The number of nitriles is 1. The van der Waals surface area contributed by atoms with Crippen molar-refractivity contribution in [3.8, 4) is 6.07 Å². The number of benzene rings is 1. The van der Waals surface area contributed by atoms with E-state index in [0.717, 1.165) is 22.7 Å². The average molecular weight is 344 g/mol. The van der Waals surface area contributed by atoms with Gasteiger partial charge in [-0.25, -0.2) is 14.2 Å². The largest absolute Gasteiger partial charge is 0.334 e. The number of nitrogens with zero attached hydrogens (tertiary/aromatic N) is 2. The molecule has 24 heavy (non-hydrogen) atoms. The van der Waals surface area contributed by atoms with Crippen LogP contribution < -0.4 is 10.6 Å². The summed E-state index contributed by atoms with van der Waals surface area (Å²) >= 11 is 1.58. The summed E-state index contributed by atoms with van der Waals surface area (Å²) in [6.45, 7) is 2.05. The highest BCUT2D eigenvalue weighted by Gasteiger charge is 2.35. The number of hydrogen-bond donors (Lipinski definition) is 2. The third-order valence-corrected chi connectivity index (χ3v) is 4.90. The second-order valence-corrected chi connectivity index (χ2v) is 7.14. The lowest BCUT2D eigenvalue weighted by Crippen LogP contribution is -2.38. The van der Waals surface area contributed by atoms with Crippen molar-refractivity contribution in [3.05, 3.63) is 51.2 Å². The molecule has 2 aromatic rings. The van der Waals surface area contributed by atoms with Crippen LogP contribution >= 0.6 is 11.3 Å². The van der Waals surface area contributed by atoms with Crippen molar-refractivity contribution in [1.29, 1.82) is 5.26 Å². The van der Waals surface area contributed by atoms with Gasteiger partial charge in [0.2, 0.25) is 0 Å². The summed E-state index contributed by atoms with van der Waals surface area (Å²) in [5.41, 5.74) is 0.603. The molecule has 0 saturated heterocycles. The second kappa shape index (κ2) is 6.97. The van der Waals surface area contributed by atoms with Gasteiger partial charge in [0.25, 0.3) is 0 Å². The molecule has 1 heterocycles. The van der Waals surface area contributed by atoms with E-state index in [2.05, 4.69) is 15.6 Å². The Balaban J connectivity index is 1.59. The van der Waals surface area contributed by atoms with Crippen LogP contribution in [0.4, 0.5) is 9.18 Å². The highest BCUT2D eigenvalue weighted by Crippen LogP contribution is 2.41. The summed E-state index contributed by atoms with van der Waals surface area (Å²) in [5, 5.41) is 15.3. The number of halogens is 1. The number of carbonyl (C=O) groups excluding carboxylic acids is 1. The van der Waals surface area contributed by atoms with Crippen LogP contribution in [0, 0.1) is 30.0 Å². The molecule has 0 bridgehead atoms. The van der Waals surface area contributed by atoms with Gasteiger partial charge in [-0.1, -0.05) is 6.07 Å². The zero-order chi connectivity index (χ0) is 17.1. The summed E-state index contributed by atoms with van der Waals surface area (Å²) in [4.78, 5) is 17.6. The molecule has 3 rings (SSSR count). The normalized spacial score (nSPS) is 14.7. The number of thiazole rings is 1. The maximum atomic E-state index is 13.8. The predicted octanol–water partition coefficient (Wildman–Crippen LogP) is 3.41. The molecule has 1 atom stereocenters. The third-order valence-electron chi connectivity index (χ3n) is 3.91. The summed E-state index contributed by atoms with van der Waals surface area (Å²) in [5.74, 6) is -0.0726. The van der Waals surface area contributed by atoms with Crippen molar-refractivity contribution >= 4 is 17.4 Å². The Morgan fingerprint density at radius 2 is 2.33 bits per heavy atom. The number of urea groups is 1. The van der Waals surface area contributed by atoms with Crippen LogP contribution in [0.2, 0.25) is 0 Å². The van der Waals surface area contributed by atoms with E-state index in [1.807, 2.05) is 13.0 Å². The monoisotopic (exact) mass is 344 g/mol. The maximum absolute atomic E-state index is 13.8. The van der Waals surface area contributed by atoms with E-state index in [4.69, 9.17) is 5.26 Å². The predicted molar refractivity (Wildman–Crippen MR) is 88.8 cm³/mol. The highest BCUT2D eigenvalue weighted by molar-refractivity contribution is 7.11. The zero-order valence-electron chi connectivity index (χ0n) is 13.2. The third kappa shape index (κ3) is 3.89. The molecular weight excluding hydrogens is 327 g/mol. The first-order valence-corrected chi connectivity index (χ1v) is 8.53. The second-order valence-electron chi connectivity index (χ2n) is 5.87. The molecular formula is C17H17FN4OS. The molecule has 2 amide bonds. The fraction of sp³-hybridized carbons (Fsp3) is 0.353. The summed E-state index contributed by atoms with van der Waals surface area (Å²) < 4.78 is 13.8. The Hall–Kier alpha value is -2.46. The molecule has 1 aliphatic rings. The smallest absolute Gasteiger partial charge is 0.315 e. The first kappa shape index (κ1) is 16.4. The summed E-state index contributed by atoms with van der Waals surface area (Å²) in [7, 11) is 0. The molecule has 2 N–H and O–H groups in total. The number of aromatic nitrogens is 1. The fourth-order valence-electron chi connectivity index (χ4n) is 2.45. The van der Waals surface area contributed by atoms with E-state index >= 15 is 0 Å². The Bertz CT molecular complexity index is 794. The van der Waals surface area contributed by atoms with Crippen LogP contribution in [0.5, 0.6) is 0 Å². The van der Waals surface area contributed by atoms with Crippen molar-refractivity contribution in [2.24, 2.45) is 5.92 Å². The first-order chi connectivity index (χ1) is 11.6. The number of aryl methyl sites for hydroxylation is 1. The standard InChI is InChI=1S/C17H17FN4OS/c1-10-8-20-16(24-10)15(12-4-5-12)22-17(23)21-9-13-3-2-11(7-19)6-14(13)18/h2-3,6,8,12,15H,4-5,9H2,1H3,(H2,21,22,23)/t15-/m0/s1. The van der Waals surface area contributed by atoms with Crippen LogP contribution in [0.25, 0.3) is 0 Å². The first-order valence-electron chi connectivity index (χ1n) is 7.72. The van der Waals surface area contributed by atoms with Gasteiger partial charge in [0.15, 0.2) is 0 Å². The fourth-order valence-corrected chi connectivity index (χ4v) is 3.37. The minimum absolute atomic E-state index is 0.0671. The molecule has 0 radical (unpaired) electrons. The van der Waals surface area contributed by atoms with Gasteiger partial charge in [0.05, 0.1) is 17.7 Å². The Morgan fingerprint density at radius 3 is 2.92 bits per heavy atom. The van der Waals surface area contributed by atoms with Gasteiger partial charge in [-0.3, -0.25) is 0 Å². The molecule has 7 heteroatoms. The molecule has 1 saturated carbocycles. The molecule has 0 unspecified atom stereocenters. The number of amides is 2. The van der Waals surface area contributed by atoms with E-state index in [1.54, 1.807) is 17.5 Å². The molecule has 124 valence electrons. The van der Waals surface area contributed by atoms with Crippen LogP contribution in [0.3, 0.4) is 0 Å². The number of rotatable bonds is 5. The van der Waals surface area contributed by atoms with Gasteiger partial charge in [-0.2, -0.15) is 5.26 Å². The highest BCUT2D eigenvalue weighted by atomic mass is 32.1. The van der Waals surface area contributed by atoms with Crippen LogP contribution in [0.15, 0.2) is 24.4 Å². The van der Waals surface area contributed by atoms with Crippen molar-refractivity contribution in [2.45, 2.75) is 32.4 Å². The molecule has 0 spiro atoms. The van der Waals surface area contributed by atoms with Crippen molar-refractivity contribution in [2.75, 3.05) is 0 Å². The minimum atomic E-state index is -0.497. The van der Waals surface area contributed by atoms with Crippen molar-refractivity contribution in [1.82, 2.24) is 15.6 Å². The molecule has 1 aromatic heterocycles. The zero-order valence-corrected chi connectivity index (χ0v) is 14.0. The van der Waals surface area contributed by atoms with Gasteiger partial charge >= 0.3 is 6.03 Å². The molecule has 1 aromatic carbocycles. The maximum Gasteiger partial charge on any atom is 0.315 e. The SMILES string of the molecule is Cc1cnc([C@@H](NC(=O)NCc2ccc(C#N)cc2F)C2CC2)s1. The van der Waals surface area contributed by atoms with Crippen molar-refractivity contribution < 1.29 is 9.18 Å². The summed E-state index contributed by atoms with van der Waals surface area (Å²) in [6.07, 6.45) is 3.96. The lowest BCUT2D eigenvalue weighted by molar-refractivity contribution is 0.235. The Morgan fingerprint density at radius 1 is 1.54 bits per heavy atom. The minimum Gasteiger partial charge on any atom is -0.334 e. The van der Waals surface area contributed by atoms with Crippen LogP contribution in [-0.4, -0.2) is 11.0 Å². The molecule has 1 aliphatic carbocycles. The Kier molecular flexibility index (Phi) is 4.76. The molecule has 0 aliphatic heterocycles. The number of hydrogen-bond acceptors (Lipinski definition) is 4. The molecule has 1 fully saturated rings. The van der Waals surface area contributed by atoms with E-state index in [0.29, 0.717) is 11.5 Å². The topological polar surface area (TPSA) is 77.8 Å². The number of carbonyl (C=O) groups is 1. The van der Waals surface area contributed by atoms with Crippen LogP contribution in [-0.2, 0) is 6.54 Å². The van der Waals surface area contributed by atoms with E-state index in [9.17, 15) is 9.18 Å². The van der Waals surface area contributed by atoms with Gasteiger partial charge in [-0.15, -0.1) is 11.3 Å². The van der Waals surface area contributed by atoms with E-state index < -0.39 is 5.82 Å². The lowest BCUT2D eigenvalue weighted by Gasteiger charge is -2.16. The van der Waals surface area contributed by atoms with Crippen LogP contribution in [0.1, 0.15) is 39.9 Å². The lowest BCUT2D eigenvalue weighted by atomic mass is 10.1.